The van der Waals surface area contributed by atoms with Gasteiger partial charge >= 0.3 is 0 Å². The van der Waals surface area contributed by atoms with E-state index in [4.69, 9.17) is 0 Å². The molecule has 0 aromatic carbocycles. The molecule has 1 aliphatic carbocycles. The summed E-state index contributed by atoms with van der Waals surface area (Å²) in [6, 6.07) is 0. The molecule has 0 spiro atoms. The lowest BCUT2D eigenvalue weighted by Gasteiger charge is -2.33. The molecule has 0 aromatic heterocycles. The molecule has 0 nitrogen and oxygen atoms in total. The molecule has 1 rings (SSSR count). The average Bonchev–Trinajstić information content (AvgIpc) is 2.26. The minimum Gasteiger partial charge on any atom is -0.0975 e. The molecule has 0 heterocycles. The third-order valence-electron chi connectivity index (χ3n) is 4.41. The van der Waals surface area contributed by atoms with Crippen LogP contribution in [0.5, 0.6) is 0 Å². The quantitative estimate of drug-likeness (QED) is 0.501. The van der Waals surface area contributed by atoms with Crippen molar-refractivity contribution < 1.29 is 0 Å². The smallest absolute Gasteiger partial charge is 0.0975 e. The predicted molar refractivity (Wildman–Crippen MR) is 87.3 cm³/mol. The van der Waals surface area contributed by atoms with Crippen molar-refractivity contribution in [1.29, 1.82) is 0 Å². The topological polar surface area (TPSA) is 0 Å². The van der Waals surface area contributed by atoms with Gasteiger partial charge in [-0.1, -0.05) is 32.1 Å². The van der Waals surface area contributed by atoms with Crippen molar-refractivity contribution in [2.24, 2.45) is 5.41 Å². The van der Waals surface area contributed by atoms with Crippen LogP contribution in [0.1, 0.15) is 47.0 Å². The van der Waals surface area contributed by atoms with Crippen LogP contribution in [0.25, 0.3) is 0 Å². The fraction of sp³-hybridized carbons (Fsp3) is 0.647. The van der Waals surface area contributed by atoms with Gasteiger partial charge < -0.3 is 0 Å². The van der Waals surface area contributed by atoms with E-state index < -0.39 is 0 Å². The van der Waals surface area contributed by atoms with Gasteiger partial charge in [0.15, 0.2) is 4.75 Å². The summed E-state index contributed by atoms with van der Waals surface area (Å²) in [5.41, 5.74) is 3.45. The van der Waals surface area contributed by atoms with Crippen molar-refractivity contribution in [3.8, 4) is 0 Å². The standard InChI is InChI=1S/C17H29S/c1-8-17(5,18(6)7)13-11-15-14(2)10-9-12-16(15,3)4/h8,11,13H,1,9-10,12H2,2-7H3/q+1/b13-11+. The summed E-state index contributed by atoms with van der Waals surface area (Å²) in [7, 11) is 0.313. The molecule has 0 saturated carbocycles. The van der Waals surface area contributed by atoms with Crippen molar-refractivity contribution in [2.45, 2.75) is 51.7 Å². The van der Waals surface area contributed by atoms with Crippen LogP contribution < -0.4 is 0 Å². The van der Waals surface area contributed by atoms with E-state index in [-0.39, 0.29) is 4.75 Å². The van der Waals surface area contributed by atoms with Gasteiger partial charge in [0.1, 0.15) is 0 Å². The fourth-order valence-electron chi connectivity index (χ4n) is 2.63. The summed E-state index contributed by atoms with van der Waals surface area (Å²) >= 11 is 0. The second-order valence-electron chi connectivity index (χ2n) is 6.47. The molecular formula is C17H29S+. The lowest BCUT2D eigenvalue weighted by atomic mass is 9.72. The van der Waals surface area contributed by atoms with Gasteiger partial charge in [-0.05, 0) is 67.1 Å². The molecule has 0 aromatic rings. The highest BCUT2D eigenvalue weighted by molar-refractivity contribution is 7.97. The van der Waals surface area contributed by atoms with Gasteiger partial charge in [0, 0.05) is 0 Å². The van der Waals surface area contributed by atoms with E-state index in [0.717, 1.165) is 0 Å². The van der Waals surface area contributed by atoms with Crippen molar-refractivity contribution in [2.75, 3.05) is 12.5 Å². The lowest BCUT2D eigenvalue weighted by molar-refractivity contribution is 0.376. The van der Waals surface area contributed by atoms with Crippen molar-refractivity contribution in [3.63, 3.8) is 0 Å². The van der Waals surface area contributed by atoms with E-state index in [2.05, 4.69) is 65.0 Å². The molecule has 1 aliphatic rings. The normalized spacial score (nSPS) is 23.5. The summed E-state index contributed by atoms with van der Waals surface area (Å²) in [5, 5.41) is 0. The van der Waals surface area contributed by atoms with E-state index in [0.29, 0.717) is 16.3 Å². The first-order chi connectivity index (χ1) is 8.23. The summed E-state index contributed by atoms with van der Waals surface area (Å²) in [5.74, 6) is 0. The molecule has 0 N–H and O–H groups in total. The molecule has 1 atom stereocenters. The SMILES string of the molecule is C=CC(C)(/C=C/C1=C(C)CCCC1(C)C)[S+](C)C. The number of hydrogen-bond acceptors (Lipinski definition) is 0. The molecule has 0 fully saturated rings. The third-order valence-corrected chi connectivity index (χ3v) is 6.47. The Labute approximate surface area is 117 Å². The highest BCUT2D eigenvalue weighted by Gasteiger charge is 2.32. The zero-order valence-electron chi connectivity index (χ0n) is 13.0. The Bertz CT molecular complexity index is 371. The number of rotatable bonds is 4. The minimum atomic E-state index is 0.126. The Kier molecular flexibility index (Phi) is 4.94. The molecular weight excluding hydrogens is 236 g/mol. The van der Waals surface area contributed by atoms with Gasteiger partial charge in [-0.2, -0.15) is 0 Å². The first-order valence-corrected chi connectivity index (χ1v) is 8.88. The maximum atomic E-state index is 4.01. The van der Waals surface area contributed by atoms with Crippen LogP contribution in [-0.2, 0) is 10.9 Å². The van der Waals surface area contributed by atoms with Crippen LogP contribution in [0.3, 0.4) is 0 Å². The summed E-state index contributed by atoms with van der Waals surface area (Å²) < 4.78 is 0.126. The summed E-state index contributed by atoms with van der Waals surface area (Å²) in [4.78, 5) is 0. The fourth-order valence-corrected chi connectivity index (χ4v) is 3.30. The second-order valence-corrected chi connectivity index (χ2v) is 8.98. The Balaban J connectivity index is 3.05. The van der Waals surface area contributed by atoms with Crippen molar-refractivity contribution in [1.82, 2.24) is 0 Å². The Morgan fingerprint density at radius 3 is 2.39 bits per heavy atom. The Hall–Kier alpha value is -0.430. The molecule has 0 saturated heterocycles. The average molecular weight is 265 g/mol. The maximum absolute atomic E-state index is 4.01. The van der Waals surface area contributed by atoms with Crippen LogP contribution in [0.2, 0.25) is 0 Å². The first kappa shape index (κ1) is 15.6. The van der Waals surface area contributed by atoms with Gasteiger partial charge in [-0.15, -0.1) is 0 Å². The van der Waals surface area contributed by atoms with Crippen LogP contribution >= 0.6 is 0 Å². The molecule has 18 heavy (non-hydrogen) atoms. The van der Waals surface area contributed by atoms with Crippen LogP contribution in [0.4, 0.5) is 0 Å². The predicted octanol–water partition coefficient (Wildman–Crippen LogP) is 4.89. The highest BCUT2D eigenvalue weighted by atomic mass is 32.2. The molecule has 1 unspecified atom stereocenters. The van der Waals surface area contributed by atoms with Gasteiger partial charge in [-0.3, -0.25) is 0 Å². The van der Waals surface area contributed by atoms with Crippen LogP contribution in [-0.4, -0.2) is 17.3 Å². The molecule has 1 heteroatoms. The Morgan fingerprint density at radius 1 is 1.33 bits per heavy atom. The number of hydrogen-bond donors (Lipinski definition) is 0. The van der Waals surface area contributed by atoms with Crippen LogP contribution in [0, 0.1) is 5.41 Å². The van der Waals surface area contributed by atoms with E-state index in [9.17, 15) is 0 Å². The minimum absolute atomic E-state index is 0.126. The highest BCUT2D eigenvalue weighted by Crippen LogP contribution is 2.41. The monoisotopic (exact) mass is 265 g/mol. The first-order valence-electron chi connectivity index (χ1n) is 6.84. The summed E-state index contributed by atoms with van der Waals surface area (Å²) in [6.45, 7) is 13.3. The molecule has 102 valence electrons. The van der Waals surface area contributed by atoms with Crippen LogP contribution in [0.15, 0.2) is 36.0 Å². The number of allylic oxidation sites excluding steroid dienone is 3. The van der Waals surface area contributed by atoms with Gasteiger partial charge in [-0.25, -0.2) is 0 Å². The van der Waals surface area contributed by atoms with Gasteiger partial charge in [0.25, 0.3) is 0 Å². The van der Waals surface area contributed by atoms with Crippen molar-refractivity contribution in [3.05, 3.63) is 36.0 Å². The zero-order valence-corrected chi connectivity index (χ0v) is 13.8. The van der Waals surface area contributed by atoms with E-state index in [1.54, 1.807) is 11.1 Å². The van der Waals surface area contributed by atoms with E-state index in [1.807, 2.05) is 0 Å². The van der Waals surface area contributed by atoms with Gasteiger partial charge in [0.2, 0.25) is 0 Å². The molecule has 0 radical (unpaired) electrons. The molecule has 0 aliphatic heterocycles. The Morgan fingerprint density at radius 2 is 1.94 bits per heavy atom. The van der Waals surface area contributed by atoms with E-state index >= 15 is 0 Å². The molecule has 0 bridgehead atoms. The van der Waals surface area contributed by atoms with E-state index in [1.165, 1.54) is 19.3 Å². The van der Waals surface area contributed by atoms with Crippen molar-refractivity contribution >= 4 is 10.9 Å². The second kappa shape index (κ2) is 5.69. The zero-order chi connectivity index (χ0) is 14.0. The van der Waals surface area contributed by atoms with Gasteiger partial charge in [0.05, 0.1) is 12.5 Å². The lowest BCUT2D eigenvalue weighted by Crippen LogP contribution is -2.29. The third kappa shape index (κ3) is 3.32. The maximum Gasteiger partial charge on any atom is 0.161 e. The summed E-state index contributed by atoms with van der Waals surface area (Å²) in [6.07, 6.45) is 15.3. The largest absolute Gasteiger partial charge is 0.161 e. The molecule has 0 amide bonds.